The van der Waals surface area contributed by atoms with Crippen LogP contribution in [-0.4, -0.2) is 65.9 Å². The normalized spacial score (nSPS) is 13.0. The average molecular weight is 455 g/mol. The van der Waals surface area contributed by atoms with Crippen LogP contribution in [0.5, 0.6) is 0 Å². The van der Waals surface area contributed by atoms with E-state index in [2.05, 4.69) is 29.6 Å². The van der Waals surface area contributed by atoms with E-state index in [0.29, 0.717) is 6.42 Å². The third-order valence-electron chi connectivity index (χ3n) is 5.97. The number of hydrogen-bond donors (Lipinski definition) is 3. The first kappa shape index (κ1) is 24.3. The predicted molar refractivity (Wildman–Crippen MR) is 123 cm³/mol. The van der Waals surface area contributed by atoms with Crippen LogP contribution >= 0.6 is 0 Å². The number of aliphatic carboxylic acids is 1. The molecule has 0 bridgehead atoms. The Balaban J connectivity index is 1.53. The Morgan fingerprint density at radius 2 is 1.67 bits per heavy atom. The Morgan fingerprint density at radius 3 is 2.21 bits per heavy atom. The summed E-state index contributed by atoms with van der Waals surface area (Å²) in [5.74, 6) is -1.71. The SMILES string of the molecule is CCC(CNC(=O)OCC1c2ccccc2-c2ccccc21)CC(=O)N(CCO)CC(=O)O. The zero-order chi connectivity index (χ0) is 23.8. The smallest absolute Gasteiger partial charge is 0.407 e. The summed E-state index contributed by atoms with van der Waals surface area (Å²) in [7, 11) is 0. The van der Waals surface area contributed by atoms with Gasteiger partial charge >= 0.3 is 12.1 Å². The minimum Gasteiger partial charge on any atom is -0.480 e. The molecule has 0 saturated heterocycles. The quantitative estimate of drug-likeness (QED) is 0.481. The Labute approximate surface area is 193 Å². The molecule has 0 spiro atoms. The molecule has 1 atom stereocenters. The highest BCUT2D eigenvalue weighted by Gasteiger charge is 2.29. The molecule has 0 aliphatic heterocycles. The van der Waals surface area contributed by atoms with Gasteiger partial charge in [-0.05, 0) is 28.2 Å². The second-order valence-corrected chi connectivity index (χ2v) is 8.12. The van der Waals surface area contributed by atoms with Gasteiger partial charge in [-0.3, -0.25) is 9.59 Å². The number of fused-ring (bicyclic) bond motifs is 3. The first-order chi connectivity index (χ1) is 15.9. The Bertz CT molecular complexity index is 947. The summed E-state index contributed by atoms with van der Waals surface area (Å²) in [6, 6.07) is 16.2. The van der Waals surface area contributed by atoms with Crippen molar-refractivity contribution in [3.05, 3.63) is 59.7 Å². The van der Waals surface area contributed by atoms with E-state index in [4.69, 9.17) is 14.9 Å². The molecule has 176 valence electrons. The van der Waals surface area contributed by atoms with E-state index in [-0.39, 0.29) is 50.5 Å². The molecule has 3 N–H and O–H groups in total. The molecule has 0 saturated carbocycles. The van der Waals surface area contributed by atoms with Crippen molar-refractivity contribution in [3.63, 3.8) is 0 Å². The maximum atomic E-state index is 12.4. The van der Waals surface area contributed by atoms with E-state index in [1.165, 1.54) is 0 Å². The van der Waals surface area contributed by atoms with Crippen LogP contribution < -0.4 is 5.32 Å². The number of carbonyl (C=O) groups excluding carboxylic acids is 2. The molecule has 0 radical (unpaired) electrons. The Kier molecular flexibility index (Phi) is 8.43. The number of amides is 2. The molecule has 0 heterocycles. The van der Waals surface area contributed by atoms with Crippen molar-refractivity contribution in [2.75, 3.05) is 32.8 Å². The van der Waals surface area contributed by atoms with E-state index in [1.807, 2.05) is 31.2 Å². The molecule has 1 aliphatic rings. The van der Waals surface area contributed by atoms with Crippen molar-refractivity contribution in [2.24, 2.45) is 5.92 Å². The number of rotatable bonds is 11. The first-order valence-electron chi connectivity index (χ1n) is 11.1. The number of alkyl carbamates (subject to hydrolysis) is 1. The summed E-state index contributed by atoms with van der Waals surface area (Å²) in [5, 5.41) is 20.8. The highest BCUT2D eigenvalue weighted by molar-refractivity contribution is 5.81. The van der Waals surface area contributed by atoms with Gasteiger partial charge in [0.05, 0.1) is 6.61 Å². The van der Waals surface area contributed by atoms with Gasteiger partial charge in [0, 0.05) is 25.4 Å². The van der Waals surface area contributed by atoms with Gasteiger partial charge in [-0.25, -0.2) is 4.79 Å². The highest BCUT2D eigenvalue weighted by atomic mass is 16.5. The number of aliphatic hydroxyl groups excluding tert-OH is 1. The lowest BCUT2D eigenvalue weighted by Gasteiger charge is -2.23. The van der Waals surface area contributed by atoms with Crippen molar-refractivity contribution >= 4 is 18.0 Å². The number of carboxylic acid groups (broad SMARTS) is 1. The van der Waals surface area contributed by atoms with Crippen LogP contribution in [0.3, 0.4) is 0 Å². The first-order valence-corrected chi connectivity index (χ1v) is 11.1. The summed E-state index contributed by atoms with van der Waals surface area (Å²) >= 11 is 0. The lowest BCUT2D eigenvalue weighted by molar-refractivity contribution is -0.145. The number of hydrogen-bond acceptors (Lipinski definition) is 5. The van der Waals surface area contributed by atoms with Crippen LogP contribution in [0.4, 0.5) is 4.79 Å². The zero-order valence-electron chi connectivity index (χ0n) is 18.7. The molecule has 0 aromatic heterocycles. The van der Waals surface area contributed by atoms with Gasteiger partial charge in [0.15, 0.2) is 0 Å². The molecule has 2 aromatic rings. The van der Waals surface area contributed by atoms with Gasteiger partial charge in [-0.15, -0.1) is 0 Å². The van der Waals surface area contributed by atoms with Crippen LogP contribution in [0.1, 0.15) is 36.8 Å². The fourth-order valence-corrected chi connectivity index (χ4v) is 4.19. The van der Waals surface area contributed by atoms with Gasteiger partial charge in [-0.2, -0.15) is 0 Å². The molecule has 8 nitrogen and oxygen atoms in total. The third-order valence-corrected chi connectivity index (χ3v) is 5.97. The van der Waals surface area contributed by atoms with Gasteiger partial charge in [0.25, 0.3) is 0 Å². The van der Waals surface area contributed by atoms with Crippen LogP contribution in [-0.2, 0) is 14.3 Å². The molecular weight excluding hydrogens is 424 g/mol. The van der Waals surface area contributed by atoms with Crippen LogP contribution in [0.2, 0.25) is 0 Å². The number of carbonyl (C=O) groups is 3. The Hall–Kier alpha value is -3.39. The van der Waals surface area contributed by atoms with Crippen molar-refractivity contribution in [1.82, 2.24) is 10.2 Å². The molecule has 0 fully saturated rings. The van der Waals surface area contributed by atoms with Crippen LogP contribution in [0.25, 0.3) is 11.1 Å². The number of ether oxygens (including phenoxy) is 1. The van der Waals surface area contributed by atoms with Gasteiger partial charge < -0.3 is 25.2 Å². The van der Waals surface area contributed by atoms with Crippen molar-refractivity contribution in [1.29, 1.82) is 0 Å². The average Bonchev–Trinajstić information content (AvgIpc) is 3.13. The van der Waals surface area contributed by atoms with Crippen molar-refractivity contribution in [2.45, 2.75) is 25.7 Å². The number of nitrogens with zero attached hydrogens (tertiary/aromatic N) is 1. The molecule has 2 amide bonds. The minimum absolute atomic E-state index is 0.0326. The fraction of sp³-hybridized carbons (Fsp3) is 0.400. The molecule has 33 heavy (non-hydrogen) atoms. The second kappa shape index (κ2) is 11.5. The number of carboxylic acids is 1. The van der Waals surface area contributed by atoms with E-state index >= 15 is 0 Å². The predicted octanol–water partition coefficient (Wildman–Crippen LogP) is 2.85. The summed E-state index contributed by atoms with van der Waals surface area (Å²) < 4.78 is 5.52. The van der Waals surface area contributed by atoms with E-state index in [9.17, 15) is 14.4 Å². The van der Waals surface area contributed by atoms with Crippen molar-refractivity contribution in [3.8, 4) is 11.1 Å². The largest absolute Gasteiger partial charge is 0.480 e. The maximum Gasteiger partial charge on any atom is 0.407 e. The summed E-state index contributed by atoms with van der Waals surface area (Å²) in [5.41, 5.74) is 4.57. The summed E-state index contributed by atoms with van der Waals surface area (Å²) in [4.78, 5) is 36.9. The van der Waals surface area contributed by atoms with Crippen molar-refractivity contribution < 1.29 is 29.3 Å². The molecule has 3 rings (SSSR count). The van der Waals surface area contributed by atoms with Gasteiger partial charge in [0.2, 0.25) is 5.91 Å². The standard InChI is InChI=1S/C25H30N2O6/c1-2-17(13-23(29)27(11-12-28)15-24(30)31)14-26-25(32)33-16-22-20-9-5-3-7-18(20)19-8-4-6-10-21(19)22/h3-10,17,22,28H,2,11-16H2,1H3,(H,26,32)(H,30,31). The fourth-order valence-electron chi connectivity index (χ4n) is 4.19. The Morgan fingerprint density at radius 1 is 1.06 bits per heavy atom. The third kappa shape index (κ3) is 6.10. The minimum atomic E-state index is -1.14. The lowest BCUT2D eigenvalue weighted by atomic mass is 9.98. The van der Waals surface area contributed by atoms with Crippen LogP contribution in [0, 0.1) is 5.92 Å². The highest BCUT2D eigenvalue weighted by Crippen LogP contribution is 2.44. The van der Waals surface area contributed by atoms with Crippen LogP contribution in [0.15, 0.2) is 48.5 Å². The van der Waals surface area contributed by atoms with E-state index in [1.54, 1.807) is 0 Å². The summed E-state index contributed by atoms with van der Waals surface area (Å²) in [6.45, 7) is 1.52. The zero-order valence-corrected chi connectivity index (χ0v) is 18.7. The molecular formula is C25H30N2O6. The lowest BCUT2D eigenvalue weighted by Crippen LogP contribution is -2.40. The van der Waals surface area contributed by atoms with Gasteiger partial charge in [0.1, 0.15) is 13.2 Å². The molecule has 1 unspecified atom stereocenters. The number of aliphatic hydroxyl groups is 1. The molecule has 2 aromatic carbocycles. The molecule has 1 aliphatic carbocycles. The topological polar surface area (TPSA) is 116 Å². The van der Waals surface area contributed by atoms with E-state index in [0.717, 1.165) is 27.2 Å². The molecule has 8 heteroatoms. The summed E-state index contributed by atoms with van der Waals surface area (Å²) in [6.07, 6.45) is 0.142. The maximum absolute atomic E-state index is 12.4. The second-order valence-electron chi connectivity index (χ2n) is 8.12. The van der Waals surface area contributed by atoms with Gasteiger partial charge in [-0.1, -0.05) is 61.9 Å². The number of nitrogens with one attached hydrogen (secondary N) is 1. The van der Waals surface area contributed by atoms with E-state index < -0.39 is 18.6 Å². The number of benzene rings is 2. The monoisotopic (exact) mass is 454 g/mol.